The van der Waals surface area contributed by atoms with Crippen molar-refractivity contribution in [2.75, 3.05) is 45.0 Å². The Labute approximate surface area is 134 Å². The molecule has 7 heteroatoms. The van der Waals surface area contributed by atoms with Gasteiger partial charge >= 0.3 is 6.03 Å². The number of urea groups is 1. The number of rotatable bonds is 8. The highest BCUT2D eigenvalue weighted by Gasteiger charge is 2.14. The molecule has 0 aliphatic rings. The van der Waals surface area contributed by atoms with Gasteiger partial charge in [0.25, 0.3) is 0 Å². The number of nitrogens with one attached hydrogen (secondary N) is 1. The smallest absolute Gasteiger partial charge is 0.322 e. The molecule has 2 amide bonds. The third-order valence-electron chi connectivity index (χ3n) is 2.81. The molecule has 0 saturated heterocycles. The van der Waals surface area contributed by atoms with Crippen LogP contribution in [-0.4, -0.2) is 55.7 Å². The third kappa shape index (κ3) is 6.13. The van der Waals surface area contributed by atoms with E-state index in [0.717, 1.165) is 11.3 Å². The Balaban J connectivity index is 2.76. The normalized spacial score (nSPS) is 10.5. The van der Waals surface area contributed by atoms with Gasteiger partial charge in [-0.2, -0.15) is 11.8 Å². The van der Waals surface area contributed by atoms with Crippen molar-refractivity contribution in [3.8, 4) is 0 Å². The Bertz CT molecular complexity index is 460. The summed E-state index contributed by atoms with van der Waals surface area (Å²) in [6.45, 7) is 0.966. The Kier molecular flexibility index (Phi) is 8.52. The van der Waals surface area contributed by atoms with Crippen molar-refractivity contribution < 1.29 is 14.6 Å². The Morgan fingerprint density at radius 2 is 2.24 bits per heavy atom. The fourth-order valence-electron chi connectivity index (χ4n) is 1.76. The largest absolute Gasteiger partial charge is 0.395 e. The number of thioether (sulfide) groups is 1. The number of aliphatic hydroxyl groups excluding tert-OH is 1. The second-order valence-corrected chi connectivity index (χ2v) is 5.65. The molecule has 0 aromatic heterocycles. The molecule has 1 rings (SSSR count). The molecular weight excluding hydrogens is 312 g/mol. The van der Waals surface area contributed by atoms with Gasteiger partial charge in [0.2, 0.25) is 0 Å². The van der Waals surface area contributed by atoms with Crippen LogP contribution in [0, 0.1) is 0 Å². The maximum absolute atomic E-state index is 12.2. The summed E-state index contributed by atoms with van der Waals surface area (Å²) in [5.74, 6) is 0.851. The minimum absolute atomic E-state index is 0.0998. The summed E-state index contributed by atoms with van der Waals surface area (Å²) in [4.78, 5) is 13.7. The fraction of sp³-hybridized carbons (Fsp3) is 0.500. The zero-order chi connectivity index (χ0) is 15.7. The third-order valence-corrected chi connectivity index (χ3v) is 3.76. The number of carbonyl (C=O) groups is 1. The van der Waals surface area contributed by atoms with E-state index in [2.05, 4.69) is 5.32 Å². The van der Waals surface area contributed by atoms with Crippen LogP contribution < -0.4 is 5.32 Å². The van der Waals surface area contributed by atoms with Crippen LogP contribution >= 0.6 is 23.4 Å². The predicted molar refractivity (Wildman–Crippen MR) is 88.2 cm³/mol. The molecular formula is C14H21ClN2O3S. The molecule has 0 fully saturated rings. The van der Waals surface area contributed by atoms with Gasteiger partial charge in [-0.1, -0.05) is 17.7 Å². The molecule has 0 aliphatic carbocycles. The van der Waals surface area contributed by atoms with Gasteiger partial charge in [-0.25, -0.2) is 4.79 Å². The van der Waals surface area contributed by atoms with Gasteiger partial charge in [-0.3, -0.25) is 0 Å². The number of nitrogens with zero attached hydrogens (tertiary/aromatic N) is 1. The number of methoxy groups -OCH3 is 1. The summed E-state index contributed by atoms with van der Waals surface area (Å²) in [5.41, 5.74) is 1.67. The fourth-order valence-corrected chi connectivity index (χ4v) is 2.43. The van der Waals surface area contributed by atoms with Gasteiger partial charge in [0.1, 0.15) is 0 Å². The van der Waals surface area contributed by atoms with E-state index in [0.29, 0.717) is 23.9 Å². The number of hydrogen-bond donors (Lipinski definition) is 2. The summed E-state index contributed by atoms with van der Waals surface area (Å²) in [6, 6.07) is 5.27. The minimum atomic E-state index is -0.302. The Hall–Kier alpha value is -0.950. The van der Waals surface area contributed by atoms with Crippen molar-refractivity contribution in [1.82, 2.24) is 4.90 Å². The van der Waals surface area contributed by atoms with E-state index in [-0.39, 0.29) is 19.2 Å². The molecule has 0 radical (unpaired) electrons. The SMILES string of the molecule is COCCN(CCO)C(=O)Nc1cc(CSC)ccc1Cl. The van der Waals surface area contributed by atoms with Gasteiger partial charge < -0.3 is 20.1 Å². The number of anilines is 1. The van der Waals surface area contributed by atoms with Crippen LogP contribution in [0.5, 0.6) is 0 Å². The number of benzene rings is 1. The van der Waals surface area contributed by atoms with Crippen molar-refractivity contribution >= 4 is 35.1 Å². The highest BCUT2D eigenvalue weighted by atomic mass is 35.5. The average Bonchev–Trinajstić information content (AvgIpc) is 2.47. The molecule has 0 atom stereocenters. The zero-order valence-corrected chi connectivity index (χ0v) is 13.8. The van der Waals surface area contributed by atoms with Crippen molar-refractivity contribution in [2.45, 2.75) is 5.75 Å². The number of aliphatic hydroxyl groups is 1. The van der Waals surface area contributed by atoms with E-state index in [4.69, 9.17) is 21.4 Å². The lowest BCUT2D eigenvalue weighted by Crippen LogP contribution is -2.39. The van der Waals surface area contributed by atoms with E-state index in [1.807, 2.05) is 18.4 Å². The van der Waals surface area contributed by atoms with E-state index in [1.165, 1.54) is 4.90 Å². The number of ether oxygens (including phenoxy) is 1. The lowest BCUT2D eigenvalue weighted by Gasteiger charge is -2.22. The first-order valence-electron chi connectivity index (χ1n) is 6.55. The highest BCUT2D eigenvalue weighted by Crippen LogP contribution is 2.25. The highest BCUT2D eigenvalue weighted by molar-refractivity contribution is 7.97. The molecule has 0 saturated carbocycles. The molecule has 1 aromatic carbocycles. The van der Waals surface area contributed by atoms with Crippen LogP contribution in [0.15, 0.2) is 18.2 Å². The lowest BCUT2D eigenvalue weighted by atomic mass is 10.2. The molecule has 1 aromatic rings. The van der Waals surface area contributed by atoms with Gasteiger partial charge in [0.15, 0.2) is 0 Å². The summed E-state index contributed by atoms with van der Waals surface area (Å²) in [5, 5.41) is 12.3. The van der Waals surface area contributed by atoms with E-state index < -0.39 is 0 Å². The Morgan fingerprint density at radius 3 is 2.86 bits per heavy atom. The second kappa shape index (κ2) is 9.89. The second-order valence-electron chi connectivity index (χ2n) is 4.38. The van der Waals surface area contributed by atoms with Gasteiger partial charge in [0.05, 0.1) is 23.9 Å². The Morgan fingerprint density at radius 1 is 1.48 bits per heavy atom. The minimum Gasteiger partial charge on any atom is -0.395 e. The molecule has 5 nitrogen and oxygen atoms in total. The van der Waals surface area contributed by atoms with Crippen LogP contribution in [0.3, 0.4) is 0 Å². The molecule has 0 unspecified atom stereocenters. The van der Waals surface area contributed by atoms with Crippen LogP contribution in [0.2, 0.25) is 5.02 Å². The molecule has 0 aliphatic heterocycles. The topological polar surface area (TPSA) is 61.8 Å². The molecule has 0 bridgehead atoms. The molecule has 2 N–H and O–H groups in total. The molecule has 118 valence electrons. The standard InChI is InChI=1S/C14H21ClN2O3S/c1-20-8-6-17(5-7-18)14(19)16-13-9-11(10-21-2)3-4-12(13)15/h3-4,9,18H,5-8,10H2,1-2H3,(H,16,19). The van der Waals surface area contributed by atoms with Crippen molar-refractivity contribution in [3.05, 3.63) is 28.8 Å². The molecule has 0 heterocycles. The number of carbonyl (C=O) groups excluding carboxylic acids is 1. The van der Waals surface area contributed by atoms with E-state index in [1.54, 1.807) is 24.9 Å². The first-order chi connectivity index (χ1) is 10.1. The summed E-state index contributed by atoms with van der Waals surface area (Å²) in [6.07, 6.45) is 2.01. The van der Waals surface area contributed by atoms with Gasteiger partial charge in [-0.05, 0) is 24.0 Å². The van der Waals surface area contributed by atoms with Gasteiger partial charge in [-0.15, -0.1) is 0 Å². The van der Waals surface area contributed by atoms with Crippen molar-refractivity contribution in [3.63, 3.8) is 0 Å². The average molecular weight is 333 g/mol. The van der Waals surface area contributed by atoms with Crippen molar-refractivity contribution in [2.24, 2.45) is 0 Å². The van der Waals surface area contributed by atoms with Crippen LogP contribution in [0.1, 0.15) is 5.56 Å². The maximum Gasteiger partial charge on any atom is 0.322 e. The van der Waals surface area contributed by atoms with E-state index in [9.17, 15) is 4.79 Å². The van der Waals surface area contributed by atoms with Crippen LogP contribution in [0.4, 0.5) is 10.5 Å². The first kappa shape index (κ1) is 18.1. The van der Waals surface area contributed by atoms with Gasteiger partial charge in [0, 0.05) is 26.0 Å². The number of hydrogen-bond acceptors (Lipinski definition) is 4. The maximum atomic E-state index is 12.2. The van der Waals surface area contributed by atoms with Crippen LogP contribution in [0.25, 0.3) is 0 Å². The quantitative estimate of drug-likeness (QED) is 0.768. The molecule has 0 spiro atoms. The lowest BCUT2D eigenvalue weighted by molar-refractivity contribution is 0.142. The first-order valence-corrected chi connectivity index (χ1v) is 8.32. The molecule has 21 heavy (non-hydrogen) atoms. The monoisotopic (exact) mass is 332 g/mol. The zero-order valence-electron chi connectivity index (χ0n) is 12.3. The summed E-state index contributed by atoms with van der Waals surface area (Å²) >= 11 is 7.81. The summed E-state index contributed by atoms with van der Waals surface area (Å²) in [7, 11) is 1.57. The predicted octanol–water partition coefficient (Wildman–Crippen LogP) is 2.68. The number of halogens is 1. The van der Waals surface area contributed by atoms with E-state index >= 15 is 0 Å². The summed E-state index contributed by atoms with van der Waals surface area (Å²) < 4.78 is 4.96. The van der Waals surface area contributed by atoms with Crippen molar-refractivity contribution in [1.29, 1.82) is 0 Å². The van der Waals surface area contributed by atoms with Crippen LogP contribution in [-0.2, 0) is 10.5 Å². The number of amides is 2.